The zero-order valence-electron chi connectivity index (χ0n) is 10.2. The van der Waals surface area contributed by atoms with Crippen molar-refractivity contribution in [1.82, 2.24) is 0 Å². The largest absolute Gasteiger partial charge is 0.394 e. The van der Waals surface area contributed by atoms with Crippen molar-refractivity contribution < 1.29 is 9.84 Å². The molecule has 0 amide bonds. The molecule has 2 fully saturated rings. The maximum Gasteiger partial charge on any atom is 0.0613 e. The fourth-order valence-electron chi connectivity index (χ4n) is 3.24. The predicted molar refractivity (Wildman–Crippen MR) is 64.2 cm³/mol. The van der Waals surface area contributed by atoms with Crippen molar-refractivity contribution in [2.75, 3.05) is 13.2 Å². The highest BCUT2D eigenvalue weighted by Crippen LogP contribution is 2.35. The van der Waals surface area contributed by atoms with Gasteiger partial charge in [-0.3, -0.25) is 0 Å². The lowest BCUT2D eigenvalue weighted by Gasteiger charge is -2.29. The standard InChI is InChI=1S/C13H25NO2/c14-13(10-15)8-3-4-11(13)7-9-16-12-5-1-2-6-12/h11-12,15H,1-10,14H2. The molecule has 0 heterocycles. The smallest absolute Gasteiger partial charge is 0.0613 e. The molecule has 2 aliphatic carbocycles. The number of aliphatic hydroxyl groups excluding tert-OH is 1. The van der Waals surface area contributed by atoms with Crippen LogP contribution in [0.15, 0.2) is 0 Å². The highest BCUT2D eigenvalue weighted by molar-refractivity contribution is 4.95. The second-order valence-corrected chi connectivity index (χ2v) is 5.55. The molecular weight excluding hydrogens is 202 g/mol. The molecule has 2 saturated carbocycles. The van der Waals surface area contributed by atoms with Crippen LogP contribution in [0.5, 0.6) is 0 Å². The third-order valence-electron chi connectivity index (χ3n) is 4.42. The number of ether oxygens (including phenoxy) is 1. The first-order chi connectivity index (χ1) is 7.74. The molecule has 0 aromatic heterocycles. The summed E-state index contributed by atoms with van der Waals surface area (Å²) in [6.07, 6.45) is 9.93. The molecule has 0 aliphatic heterocycles. The fraction of sp³-hybridized carbons (Fsp3) is 1.00. The Balaban J connectivity index is 1.68. The first kappa shape index (κ1) is 12.3. The van der Waals surface area contributed by atoms with Gasteiger partial charge in [-0.2, -0.15) is 0 Å². The minimum Gasteiger partial charge on any atom is -0.394 e. The average Bonchev–Trinajstić information content (AvgIpc) is 2.90. The average molecular weight is 227 g/mol. The van der Waals surface area contributed by atoms with Crippen molar-refractivity contribution in [3.05, 3.63) is 0 Å². The fourth-order valence-corrected chi connectivity index (χ4v) is 3.24. The Labute approximate surface area is 98.4 Å². The van der Waals surface area contributed by atoms with Crippen molar-refractivity contribution in [1.29, 1.82) is 0 Å². The van der Waals surface area contributed by atoms with Gasteiger partial charge in [-0.25, -0.2) is 0 Å². The Bertz CT molecular complexity index is 216. The lowest BCUT2D eigenvalue weighted by atomic mass is 9.87. The van der Waals surface area contributed by atoms with Crippen LogP contribution in [-0.2, 0) is 4.74 Å². The molecule has 0 saturated heterocycles. The number of aliphatic hydroxyl groups is 1. The highest BCUT2D eigenvalue weighted by Gasteiger charge is 2.38. The van der Waals surface area contributed by atoms with Gasteiger partial charge in [-0.1, -0.05) is 19.3 Å². The van der Waals surface area contributed by atoms with Crippen LogP contribution >= 0.6 is 0 Å². The molecule has 0 spiro atoms. The van der Waals surface area contributed by atoms with E-state index in [0.717, 1.165) is 32.3 Å². The SMILES string of the molecule is NC1(CO)CCCC1CCOC1CCCC1. The molecular formula is C13H25NO2. The summed E-state index contributed by atoms with van der Waals surface area (Å²) in [5.41, 5.74) is 5.87. The number of hydrogen-bond donors (Lipinski definition) is 2. The molecule has 16 heavy (non-hydrogen) atoms. The van der Waals surface area contributed by atoms with Gasteiger partial charge in [0.2, 0.25) is 0 Å². The van der Waals surface area contributed by atoms with Crippen LogP contribution in [0.4, 0.5) is 0 Å². The lowest BCUT2D eigenvalue weighted by Crippen LogP contribution is -2.47. The van der Waals surface area contributed by atoms with E-state index in [9.17, 15) is 5.11 Å². The van der Waals surface area contributed by atoms with Crippen LogP contribution in [0.25, 0.3) is 0 Å². The van der Waals surface area contributed by atoms with Gasteiger partial charge in [0, 0.05) is 12.1 Å². The maximum atomic E-state index is 9.34. The van der Waals surface area contributed by atoms with Crippen molar-refractivity contribution in [3.8, 4) is 0 Å². The second kappa shape index (κ2) is 5.48. The van der Waals surface area contributed by atoms with Gasteiger partial charge in [0.1, 0.15) is 0 Å². The van der Waals surface area contributed by atoms with Crippen LogP contribution in [0.1, 0.15) is 51.4 Å². The van der Waals surface area contributed by atoms with Crippen LogP contribution in [0.2, 0.25) is 0 Å². The van der Waals surface area contributed by atoms with Gasteiger partial charge in [0.25, 0.3) is 0 Å². The van der Waals surface area contributed by atoms with E-state index in [2.05, 4.69) is 0 Å². The van der Waals surface area contributed by atoms with E-state index in [1.807, 2.05) is 0 Å². The van der Waals surface area contributed by atoms with Crippen molar-refractivity contribution >= 4 is 0 Å². The van der Waals surface area contributed by atoms with E-state index in [1.54, 1.807) is 0 Å². The zero-order valence-corrected chi connectivity index (χ0v) is 10.2. The molecule has 2 aliphatic rings. The molecule has 2 rings (SSSR count). The van der Waals surface area contributed by atoms with Crippen molar-refractivity contribution in [2.24, 2.45) is 11.7 Å². The summed E-state index contributed by atoms with van der Waals surface area (Å²) in [5.74, 6) is 0.457. The molecule has 0 radical (unpaired) electrons. The Hall–Kier alpha value is -0.120. The van der Waals surface area contributed by atoms with Gasteiger partial charge in [-0.05, 0) is 38.0 Å². The minimum absolute atomic E-state index is 0.126. The molecule has 0 bridgehead atoms. The summed E-state index contributed by atoms with van der Waals surface area (Å²) in [6.45, 7) is 0.954. The van der Waals surface area contributed by atoms with Crippen LogP contribution < -0.4 is 5.73 Å². The minimum atomic E-state index is -0.320. The Morgan fingerprint density at radius 3 is 2.62 bits per heavy atom. The van der Waals surface area contributed by atoms with Gasteiger partial charge in [0.15, 0.2) is 0 Å². The third-order valence-corrected chi connectivity index (χ3v) is 4.42. The van der Waals surface area contributed by atoms with Crippen LogP contribution in [-0.4, -0.2) is 30.0 Å². The van der Waals surface area contributed by atoms with Gasteiger partial charge >= 0.3 is 0 Å². The summed E-state index contributed by atoms with van der Waals surface area (Å²) in [6, 6.07) is 0. The van der Waals surface area contributed by atoms with E-state index in [0.29, 0.717) is 12.0 Å². The number of hydrogen-bond acceptors (Lipinski definition) is 3. The molecule has 3 nitrogen and oxygen atoms in total. The third kappa shape index (κ3) is 2.76. The van der Waals surface area contributed by atoms with Gasteiger partial charge < -0.3 is 15.6 Å². The molecule has 0 aromatic rings. The van der Waals surface area contributed by atoms with Crippen LogP contribution in [0, 0.1) is 5.92 Å². The normalized spacial score (nSPS) is 36.0. The Morgan fingerprint density at radius 2 is 1.94 bits per heavy atom. The van der Waals surface area contributed by atoms with E-state index in [1.165, 1.54) is 25.7 Å². The monoisotopic (exact) mass is 227 g/mol. The molecule has 94 valence electrons. The molecule has 2 atom stereocenters. The molecule has 3 N–H and O–H groups in total. The summed E-state index contributed by atoms with van der Waals surface area (Å²) in [5, 5.41) is 9.34. The molecule has 0 aromatic carbocycles. The lowest BCUT2D eigenvalue weighted by molar-refractivity contribution is 0.0398. The molecule has 3 heteroatoms. The summed E-state index contributed by atoms with van der Waals surface area (Å²) < 4.78 is 5.87. The quantitative estimate of drug-likeness (QED) is 0.753. The zero-order chi connectivity index (χ0) is 11.4. The predicted octanol–water partition coefficient (Wildman–Crippen LogP) is 1.83. The highest BCUT2D eigenvalue weighted by atomic mass is 16.5. The first-order valence-corrected chi connectivity index (χ1v) is 6.76. The van der Waals surface area contributed by atoms with Crippen LogP contribution in [0.3, 0.4) is 0 Å². The summed E-state index contributed by atoms with van der Waals surface area (Å²) in [4.78, 5) is 0. The topological polar surface area (TPSA) is 55.5 Å². The van der Waals surface area contributed by atoms with E-state index in [-0.39, 0.29) is 12.1 Å². The Morgan fingerprint density at radius 1 is 1.19 bits per heavy atom. The van der Waals surface area contributed by atoms with E-state index in [4.69, 9.17) is 10.5 Å². The summed E-state index contributed by atoms with van der Waals surface area (Å²) in [7, 11) is 0. The number of nitrogens with two attached hydrogens (primary N) is 1. The van der Waals surface area contributed by atoms with E-state index < -0.39 is 0 Å². The Kier molecular flexibility index (Phi) is 4.22. The second-order valence-electron chi connectivity index (χ2n) is 5.55. The van der Waals surface area contributed by atoms with Crippen molar-refractivity contribution in [2.45, 2.75) is 63.0 Å². The molecule has 2 unspecified atom stereocenters. The summed E-state index contributed by atoms with van der Waals surface area (Å²) >= 11 is 0. The first-order valence-electron chi connectivity index (χ1n) is 6.76. The maximum absolute atomic E-state index is 9.34. The number of rotatable bonds is 5. The van der Waals surface area contributed by atoms with Crippen molar-refractivity contribution in [3.63, 3.8) is 0 Å². The van der Waals surface area contributed by atoms with Gasteiger partial charge in [0.05, 0.1) is 12.7 Å². The van der Waals surface area contributed by atoms with E-state index >= 15 is 0 Å². The van der Waals surface area contributed by atoms with Gasteiger partial charge in [-0.15, -0.1) is 0 Å².